The van der Waals surface area contributed by atoms with Gasteiger partial charge in [0, 0.05) is 6.42 Å². The summed E-state index contributed by atoms with van der Waals surface area (Å²) < 4.78 is 16.1. The minimum absolute atomic E-state index is 0. The van der Waals surface area contributed by atoms with Crippen LogP contribution in [0.2, 0.25) is 0 Å². The number of carboxylic acid groups (broad SMARTS) is 1. The Kier molecular flexibility index (Phi) is 4.40. The molecule has 2 rings (SSSR count). The summed E-state index contributed by atoms with van der Waals surface area (Å²) in [7, 11) is 0. The largest absolute Gasteiger partial charge is 1.00 e. The molecule has 86 valence electrons. The molecular weight excluding hydrogens is 227 g/mol. The molecule has 0 aromatic carbocycles. The van der Waals surface area contributed by atoms with Gasteiger partial charge in [0.05, 0.1) is 12.1 Å². The second kappa shape index (κ2) is 4.89. The number of hydrogen-bond donors (Lipinski definition) is 1. The van der Waals surface area contributed by atoms with Gasteiger partial charge >= 0.3 is 29.6 Å². The third-order valence-electron chi connectivity index (χ3n) is 2.51. The van der Waals surface area contributed by atoms with Crippen LogP contribution in [0.4, 0.5) is 0 Å². The van der Waals surface area contributed by atoms with Crippen LogP contribution in [0.1, 0.15) is 20.3 Å². The predicted octanol–water partition coefficient (Wildman–Crippen LogP) is -4.63. The molecule has 2 heterocycles. The minimum Gasteiger partial charge on any atom is -0.547 e. The van der Waals surface area contributed by atoms with E-state index in [1.165, 1.54) is 0 Å². The summed E-state index contributed by atoms with van der Waals surface area (Å²) in [5, 5.41) is 19.6. The summed E-state index contributed by atoms with van der Waals surface area (Å²) in [5.41, 5.74) is 0. The van der Waals surface area contributed by atoms with E-state index in [1.54, 1.807) is 13.8 Å². The van der Waals surface area contributed by atoms with Gasteiger partial charge in [0.15, 0.2) is 12.1 Å². The second-order valence-corrected chi connectivity index (χ2v) is 4.22. The van der Waals surface area contributed by atoms with Crippen LogP contribution in [0.25, 0.3) is 0 Å². The van der Waals surface area contributed by atoms with Gasteiger partial charge in [-0.05, 0) is 13.8 Å². The van der Waals surface area contributed by atoms with Crippen molar-refractivity contribution in [3.05, 3.63) is 0 Å². The van der Waals surface area contributed by atoms with Gasteiger partial charge in [-0.15, -0.1) is 0 Å². The molecule has 6 nitrogen and oxygen atoms in total. The molecule has 2 aliphatic heterocycles. The van der Waals surface area contributed by atoms with Crippen LogP contribution in [-0.4, -0.2) is 41.5 Å². The first-order valence-electron chi connectivity index (χ1n) is 4.79. The van der Waals surface area contributed by atoms with E-state index in [9.17, 15) is 15.0 Å². The average molecular weight is 240 g/mol. The molecule has 1 N–H and O–H groups in total. The molecule has 1 unspecified atom stereocenters. The maximum absolute atomic E-state index is 10.4. The number of carbonyl (C=O) groups is 1. The molecule has 4 atom stereocenters. The molecule has 0 aromatic rings. The van der Waals surface area contributed by atoms with E-state index < -0.39 is 30.3 Å². The van der Waals surface area contributed by atoms with Gasteiger partial charge < -0.3 is 29.2 Å². The fourth-order valence-electron chi connectivity index (χ4n) is 1.89. The van der Waals surface area contributed by atoms with Crippen LogP contribution in [0.15, 0.2) is 0 Å². The van der Waals surface area contributed by atoms with E-state index in [2.05, 4.69) is 0 Å². The summed E-state index contributed by atoms with van der Waals surface area (Å²) >= 11 is 0. The Morgan fingerprint density at radius 2 is 2.12 bits per heavy atom. The minimum atomic E-state index is -1.63. The summed E-state index contributed by atoms with van der Waals surface area (Å²) in [6, 6.07) is 0. The van der Waals surface area contributed by atoms with Crippen molar-refractivity contribution in [1.82, 2.24) is 0 Å². The van der Waals surface area contributed by atoms with E-state index in [4.69, 9.17) is 14.2 Å². The van der Waals surface area contributed by atoms with E-state index in [0.717, 1.165) is 0 Å². The number of hydrogen-bond acceptors (Lipinski definition) is 6. The number of ether oxygens (including phenoxy) is 3. The third-order valence-corrected chi connectivity index (χ3v) is 2.51. The van der Waals surface area contributed by atoms with E-state index >= 15 is 0 Å². The first-order valence-corrected chi connectivity index (χ1v) is 4.79. The molecule has 0 aromatic heterocycles. The molecule has 2 saturated heterocycles. The fraction of sp³-hybridized carbons (Fsp3) is 0.889. The predicted molar refractivity (Wildman–Crippen MR) is 44.3 cm³/mol. The summed E-state index contributed by atoms with van der Waals surface area (Å²) in [4.78, 5) is 10.4. The molecule has 0 spiro atoms. The molecule has 0 amide bonds. The van der Waals surface area contributed by atoms with Crippen LogP contribution >= 0.6 is 0 Å². The van der Waals surface area contributed by atoms with Crippen molar-refractivity contribution in [3.8, 4) is 0 Å². The Balaban J connectivity index is 0.00000128. The second-order valence-electron chi connectivity index (χ2n) is 4.22. The third kappa shape index (κ3) is 2.76. The van der Waals surface area contributed by atoms with Gasteiger partial charge in [-0.3, -0.25) is 0 Å². The molecule has 7 heteroatoms. The van der Waals surface area contributed by atoms with Crippen molar-refractivity contribution >= 4 is 5.97 Å². The topological polar surface area (TPSA) is 88.0 Å². The van der Waals surface area contributed by atoms with Crippen molar-refractivity contribution in [2.24, 2.45) is 0 Å². The van der Waals surface area contributed by atoms with Crippen molar-refractivity contribution in [3.63, 3.8) is 0 Å². The van der Waals surface area contributed by atoms with Gasteiger partial charge in [-0.2, -0.15) is 0 Å². The number of carbonyl (C=O) groups excluding carboxylic acids is 1. The summed E-state index contributed by atoms with van der Waals surface area (Å²) in [5.74, 6) is -2.26. The zero-order chi connectivity index (χ0) is 11.2. The number of aliphatic carboxylic acids is 1. The summed E-state index contributed by atoms with van der Waals surface area (Å²) in [6.45, 7) is 3.50. The number of aliphatic hydroxyl groups excluding tert-OH is 1. The molecule has 0 saturated carbocycles. The Bertz CT molecular complexity index is 265. The smallest absolute Gasteiger partial charge is 0.547 e. The van der Waals surface area contributed by atoms with E-state index in [0.29, 0.717) is 6.42 Å². The number of carboxylic acids is 1. The number of fused-ring (bicyclic) bond motifs is 1. The molecular formula is C9H13NaO6. The van der Waals surface area contributed by atoms with Gasteiger partial charge in [0.25, 0.3) is 0 Å². The van der Waals surface area contributed by atoms with Crippen LogP contribution in [0.3, 0.4) is 0 Å². The summed E-state index contributed by atoms with van der Waals surface area (Å²) in [6.07, 6.45) is -3.08. The van der Waals surface area contributed by atoms with Crippen molar-refractivity contribution < 1.29 is 58.8 Å². The quantitative estimate of drug-likeness (QED) is 0.488. The van der Waals surface area contributed by atoms with Crippen LogP contribution in [0, 0.1) is 0 Å². The Labute approximate surface area is 115 Å². The van der Waals surface area contributed by atoms with Gasteiger partial charge in [-0.25, -0.2) is 0 Å². The van der Waals surface area contributed by atoms with Crippen molar-refractivity contribution in [2.45, 2.75) is 50.7 Å². The van der Waals surface area contributed by atoms with E-state index in [1.807, 2.05) is 0 Å². The molecule has 2 fully saturated rings. The first-order chi connectivity index (χ1) is 6.89. The fourth-order valence-corrected chi connectivity index (χ4v) is 1.89. The van der Waals surface area contributed by atoms with Crippen molar-refractivity contribution in [1.29, 1.82) is 0 Å². The maximum atomic E-state index is 10.4. The molecule has 0 bridgehead atoms. The number of aliphatic hydroxyl groups is 1. The molecule has 16 heavy (non-hydrogen) atoms. The molecule has 0 radical (unpaired) electrons. The monoisotopic (exact) mass is 240 g/mol. The van der Waals surface area contributed by atoms with E-state index in [-0.39, 0.29) is 35.7 Å². The Morgan fingerprint density at radius 3 is 2.62 bits per heavy atom. The standard InChI is InChI=1S/C9H14O6.Na/c1-9(2)14-5-3-4(6(10)7(11)12)13-8(5)15-9;/h4-6,8,10H,3H2,1-2H3,(H,11,12);/q;+1/p-1/t4-,5+,6?,8+;/m0./s1. The Morgan fingerprint density at radius 1 is 1.50 bits per heavy atom. The van der Waals surface area contributed by atoms with Gasteiger partial charge in [0.1, 0.15) is 12.2 Å². The maximum Gasteiger partial charge on any atom is 1.00 e. The van der Waals surface area contributed by atoms with Crippen LogP contribution in [0.5, 0.6) is 0 Å². The molecule has 2 aliphatic rings. The van der Waals surface area contributed by atoms with Gasteiger partial charge in [0.2, 0.25) is 0 Å². The molecule has 0 aliphatic carbocycles. The first kappa shape index (κ1) is 14.4. The normalized spacial score (nSPS) is 37.6. The Hall–Kier alpha value is 0.310. The zero-order valence-electron chi connectivity index (χ0n) is 9.50. The van der Waals surface area contributed by atoms with Crippen LogP contribution < -0.4 is 34.7 Å². The number of rotatable bonds is 2. The van der Waals surface area contributed by atoms with Crippen molar-refractivity contribution in [2.75, 3.05) is 0 Å². The average Bonchev–Trinajstić information content (AvgIpc) is 2.55. The zero-order valence-corrected chi connectivity index (χ0v) is 11.5. The SMILES string of the molecule is CC1(C)O[C@H]2O[C@H](C(O)C(=O)[O-])C[C@H]2O1.[Na+]. The van der Waals surface area contributed by atoms with Gasteiger partial charge in [-0.1, -0.05) is 0 Å². The van der Waals surface area contributed by atoms with Crippen LogP contribution in [-0.2, 0) is 19.0 Å².